The van der Waals surface area contributed by atoms with Crippen molar-refractivity contribution in [3.63, 3.8) is 0 Å². The molecule has 0 radical (unpaired) electrons. The Hall–Kier alpha value is -0.240. The third-order valence-electron chi connectivity index (χ3n) is 7.39. The maximum Gasteiger partial charge on any atom is 0.0698 e. The monoisotopic (exact) mass is 561 g/mol. The van der Waals surface area contributed by atoms with Gasteiger partial charge in [-0.3, -0.25) is 0 Å². The minimum atomic E-state index is -0.429. The lowest BCUT2D eigenvalue weighted by atomic mass is 9.92. The predicted octanol–water partition coefficient (Wildman–Crippen LogP) is 7.87. The Labute approximate surface area is 242 Å². The number of rotatable bonds is 34. The van der Waals surface area contributed by atoms with Gasteiger partial charge in [0.1, 0.15) is 0 Å². The van der Waals surface area contributed by atoms with Crippen LogP contribution in [-0.2, 0) is 18.9 Å². The highest BCUT2D eigenvalue weighted by Gasteiger charge is 2.32. The fourth-order valence-corrected chi connectivity index (χ4v) is 4.92. The van der Waals surface area contributed by atoms with Gasteiger partial charge < -0.3 is 29.2 Å². The molecule has 6 nitrogen and oxygen atoms in total. The van der Waals surface area contributed by atoms with E-state index in [0.29, 0.717) is 39.6 Å². The topological polar surface area (TPSA) is 77.4 Å². The van der Waals surface area contributed by atoms with Crippen molar-refractivity contribution in [3.8, 4) is 0 Å². The summed E-state index contributed by atoms with van der Waals surface area (Å²) in [6.07, 6.45) is 26.2. The summed E-state index contributed by atoms with van der Waals surface area (Å²) in [6.45, 7) is 8.39. The molecule has 0 saturated heterocycles. The van der Waals surface area contributed by atoms with Crippen LogP contribution in [0.1, 0.15) is 142 Å². The van der Waals surface area contributed by atoms with E-state index in [2.05, 4.69) is 13.8 Å². The summed E-state index contributed by atoms with van der Waals surface area (Å²) in [4.78, 5) is 0. The van der Waals surface area contributed by atoms with E-state index in [4.69, 9.17) is 18.9 Å². The first-order chi connectivity index (χ1) is 19.2. The van der Waals surface area contributed by atoms with Crippen LogP contribution in [0.3, 0.4) is 0 Å². The second-order valence-corrected chi connectivity index (χ2v) is 11.5. The van der Waals surface area contributed by atoms with Crippen molar-refractivity contribution >= 4 is 0 Å². The zero-order chi connectivity index (χ0) is 28.5. The van der Waals surface area contributed by atoms with Gasteiger partial charge in [-0.05, 0) is 12.8 Å². The van der Waals surface area contributed by atoms with Crippen LogP contribution < -0.4 is 0 Å². The maximum absolute atomic E-state index is 9.20. The van der Waals surface area contributed by atoms with Crippen LogP contribution in [-0.4, -0.2) is 76.3 Å². The number of hydrogen-bond acceptors (Lipinski definition) is 6. The Morgan fingerprint density at radius 3 is 0.897 bits per heavy atom. The average Bonchev–Trinajstić information content (AvgIpc) is 2.94. The van der Waals surface area contributed by atoms with Gasteiger partial charge in [0.05, 0.1) is 58.3 Å². The van der Waals surface area contributed by atoms with Crippen LogP contribution in [0.2, 0.25) is 0 Å². The number of unbranched alkanes of at least 4 members (excludes halogenated alkanes) is 18. The molecule has 0 unspecified atom stereocenters. The van der Waals surface area contributed by atoms with Crippen molar-refractivity contribution in [1.82, 2.24) is 0 Å². The van der Waals surface area contributed by atoms with Gasteiger partial charge in [0.2, 0.25) is 0 Å². The molecule has 0 aliphatic carbocycles. The van der Waals surface area contributed by atoms with Gasteiger partial charge in [-0.1, -0.05) is 129 Å². The number of aliphatic hydroxyl groups is 2. The molecule has 236 valence electrons. The zero-order valence-corrected chi connectivity index (χ0v) is 26.2. The van der Waals surface area contributed by atoms with Crippen LogP contribution in [0.5, 0.6) is 0 Å². The van der Waals surface area contributed by atoms with Crippen molar-refractivity contribution in [2.45, 2.75) is 142 Å². The number of ether oxygens (including phenoxy) is 4. The highest BCUT2D eigenvalue weighted by molar-refractivity contribution is 4.79. The Kier molecular flexibility index (Phi) is 32.1. The lowest BCUT2D eigenvalue weighted by Crippen LogP contribution is -2.42. The van der Waals surface area contributed by atoms with Crippen LogP contribution in [0.15, 0.2) is 0 Å². The van der Waals surface area contributed by atoms with Crippen molar-refractivity contribution in [2.24, 2.45) is 5.41 Å². The van der Waals surface area contributed by atoms with E-state index in [9.17, 15) is 10.2 Å². The first-order valence-electron chi connectivity index (χ1n) is 16.8. The zero-order valence-electron chi connectivity index (χ0n) is 26.2. The minimum absolute atomic E-state index is 0.00744. The van der Waals surface area contributed by atoms with Crippen molar-refractivity contribution in [2.75, 3.05) is 66.1 Å². The van der Waals surface area contributed by atoms with E-state index >= 15 is 0 Å². The molecule has 0 rings (SSSR count). The number of hydrogen-bond donors (Lipinski definition) is 2. The lowest BCUT2D eigenvalue weighted by Gasteiger charge is -2.33. The van der Waals surface area contributed by atoms with Gasteiger partial charge in [0.15, 0.2) is 0 Å². The average molecular weight is 561 g/mol. The Morgan fingerprint density at radius 2 is 0.615 bits per heavy atom. The van der Waals surface area contributed by atoms with Gasteiger partial charge in [0, 0.05) is 13.2 Å². The third kappa shape index (κ3) is 27.7. The quantitative estimate of drug-likeness (QED) is 0.0780. The summed E-state index contributed by atoms with van der Waals surface area (Å²) in [5.41, 5.74) is -0.429. The fraction of sp³-hybridized carbons (Fsp3) is 1.00. The molecule has 0 bridgehead atoms. The molecule has 0 aliphatic heterocycles. The van der Waals surface area contributed by atoms with Crippen molar-refractivity contribution in [1.29, 1.82) is 0 Å². The van der Waals surface area contributed by atoms with Crippen molar-refractivity contribution < 1.29 is 29.2 Å². The van der Waals surface area contributed by atoms with Crippen molar-refractivity contribution in [3.05, 3.63) is 0 Å². The highest BCUT2D eigenvalue weighted by Crippen LogP contribution is 2.22. The maximum atomic E-state index is 9.20. The van der Waals surface area contributed by atoms with Crippen LogP contribution >= 0.6 is 0 Å². The summed E-state index contributed by atoms with van der Waals surface area (Å²) in [6, 6.07) is 0. The summed E-state index contributed by atoms with van der Waals surface area (Å²) in [7, 11) is 0. The minimum Gasteiger partial charge on any atom is -0.394 e. The Bertz CT molecular complexity index is 408. The smallest absolute Gasteiger partial charge is 0.0698 e. The van der Waals surface area contributed by atoms with E-state index in [1.165, 1.54) is 116 Å². The van der Waals surface area contributed by atoms with Gasteiger partial charge in [-0.2, -0.15) is 0 Å². The lowest BCUT2D eigenvalue weighted by molar-refractivity contribution is -0.112. The Morgan fingerprint density at radius 1 is 0.359 bits per heavy atom. The molecule has 0 aliphatic rings. The highest BCUT2D eigenvalue weighted by atomic mass is 16.5. The molecule has 0 atom stereocenters. The molecule has 0 saturated carbocycles. The standard InChI is InChI=1S/C33H68O6/c1-3-5-7-9-11-13-15-17-19-21-25-36-29-33(31-38-27-23-34,32-39-28-24-35)30-37-26-22-20-18-16-14-12-10-8-6-4-2/h34-35H,3-32H2,1-2H3. The van der Waals surface area contributed by atoms with Crippen LogP contribution in [0.4, 0.5) is 0 Å². The Balaban J connectivity index is 4.25. The summed E-state index contributed by atoms with van der Waals surface area (Å²) in [5, 5.41) is 18.4. The molecule has 0 aromatic heterocycles. The van der Waals surface area contributed by atoms with Gasteiger partial charge in [-0.15, -0.1) is 0 Å². The molecule has 0 aromatic carbocycles. The largest absolute Gasteiger partial charge is 0.394 e. The SMILES string of the molecule is CCCCCCCCCCCCOCC(COCCO)(COCCO)COCCCCCCCCCCCC. The van der Waals surface area contributed by atoms with Gasteiger partial charge in [0.25, 0.3) is 0 Å². The molecule has 0 heterocycles. The molecule has 6 heteroatoms. The van der Waals surface area contributed by atoms with E-state index in [1.54, 1.807) is 0 Å². The molecule has 0 fully saturated rings. The first kappa shape index (κ1) is 38.8. The molecule has 39 heavy (non-hydrogen) atoms. The molecule has 0 amide bonds. The molecule has 0 aromatic rings. The summed E-state index contributed by atoms with van der Waals surface area (Å²) >= 11 is 0. The second-order valence-electron chi connectivity index (χ2n) is 11.5. The molecule has 0 spiro atoms. The number of aliphatic hydroxyl groups excluding tert-OH is 2. The summed E-state index contributed by atoms with van der Waals surface area (Å²) < 4.78 is 23.7. The molecular formula is C33H68O6. The van der Waals surface area contributed by atoms with E-state index in [1.807, 2.05) is 0 Å². The predicted molar refractivity (Wildman–Crippen MR) is 164 cm³/mol. The molecule has 2 N–H and O–H groups in total. The van der Waals surface area contributed by atoms with Crippen LogP contribution in [0, 0.1) is 5.41 Å². The first-order valence-corrected chi connectivity index (χ1v) is 16.8. The summed E-state index contributed by atoms with van der Waals surface area (Å²) in [5.74, 6) is 0. The van der Waals surface area contributed by atoms with Crippen LogP contribution in [0.25, 0.3) is 0 Å². The van der Waals surface area contributed by atoms with E-state index in [-0.39, 0.29) is 13.2 Å². The second kappa shape index (κ2) is 32.3. The third-order valence-corrected chi connectivity index (χ3v) is 7.39. The van der Waals surface area contributed by atoms with Gasteiger partial charge >= 0.3 is 0 Å². The van der Waals surface area contributed by atoms with Gasteiger partial charge in [-0.25, -0.2) is 0 Å². The van der Waals surface area contributed by atoms with E-state index < -0.39 is 5.41 Å². The molecular weight excluding hydrogens is 492 g/mol. The fourth-order valence-electron chi connectivity index (χ4n) is 4.92. The normalized spacial score (nSPS) is 12.0. The van der Waals surface area contributed by atoms with E-state index in [0.717, 1.165) is 26.1 Å².